The molecule has 5 nitrogen and oxygen atoms in total. The Morgan fingerprint density at radius 2 is 2.27 bits per heavy atom. The molecule has 1 fully saturated rings. The van der Waals surface area contributed by atoms with Crippen LogP contribution in [-0.4, -0.2) is 35.9 Å². The van der Waals surface area contributed by atoms with Crippen molar-refractivity contribution < 1.29 is 24.2 Å². The Hall–Kier alpha value is -1.10. The van der Waals surface area contributed by atoms with Crippen molar-refractivity contribution in [3.8, 4) is 0 Å². The molecule has 0 unspecified atom stereocenters. The molecule has 0 spiro atoms. The van der Waals surface area contributed by atoms with Gasteiger partial charge in [0, 0.05) is 6.92 Å². The van der Waals surface area contributed by atoms with Crippen LogP contribution in [0.2, 0.25) is 0 Å². The van der Waals surface area contributed by atoms with E-state index in [0.29, 0.717) is 0 Å². The molecule has 1 rings (SSSR count). The van der Waals surface area contributed by atoms with Crippen molar-refractivity contribution in [3.63, 3.8) is 0 Å². The fourth-order valence-electron chi connectivity index (χ4n) is 0.686. The number of carboxylic acid groups (broad SMARTS) is 1. The van der Waals surface area contributed by atoms with E-state index < -0.39 is 24.1 Å². The van der Waals surface area contributed by atoms with Gasteiger partial charge in [0.1, 0.15) is 12.7 Å². The minimum absolute atomic E-state index is 0.0340. The van der Waals surface area contributed by atoms with Crippen LogP contribution < -0.4 is 0 Å². The van der Waals surface area contributed by atoms with Crippen LogP contribution in [-0.2, 0) is 19.1 Å². The summed E-state index contributed by atoms with van der Waals surface area (Å²) in [6, 6.07) is 0. The summed E-state index contributed by atoms with van der Waals surface area (Å²) in [5.41, 5.74) is 0. The average Bonchev–Trinajstić information content (AvgIpc) is 2.61. The topological polar surface area (TPSA) is 76.1 Å². The molecular formula is C6H8O5. The van der Waals surface area contributed by atoms with E-state index in [0.717, 1.165) is 0 Å². The zero-order valence-electron chi connectivity index (χ0n) is 5.94. The van der Waals surface area contributed by atoms with Crippen molar-refractivity contribution in [2.45, 2.75) is 19.1 Å². The Balaban J connectivity index is 2.14. The van der Waals surface area contributed by atoms with Gasteiger partial charge < -0.3 is 14.6 Å². The minimum atomic E-state index is -1.01. The summed E-state index contributed by atoms with van der Waals surface area (Å²) in [6.07, 6.45) is -1.23. The predicted molar refractivity (Wildman–Crippen MR) is 32.9 cm³/mol. The van der Waals surface area contributed by atoms with Crippen LogP contribution in [0.3, 0.4) is 0 Å². The highest BCUT2D eigenvalue weighted by Gasteiger charge is 2.45. The number of carboxylic acids is 1. The van der Waals surface area contributed by atoms with Gasteiger partial charge in [-0.05, 0) is 0 Å². The van der Waals surface area contributed by atoms with Gasteiger partial charge in [0.2, 0.25) is 0 Å². The molecule has 1 saturated heterocycles. The number of aliphatic carboxylic acids is 1. The average molecular weight is 160 g/mol. The van der Waals surface area contributed by atoms with Gasteiger partial charge in [0.05, 0.1) is 0 Å². The molecule has 0 aromatic heterocycles. The minimum Gasteiger partial charge on any atom is -0.479 e. The molecule has 1 aliphatic rings. The number of esters is 1. The molecule has 0 amide bonds. The highest BCUT2D eigenvalue weighted by molar-refractivity contribution is 5.75. The van der Waals surface area contributed by atoms with Gasteiger partial charge >= 0.3 is 11.9 Å². The van der Waals surface area contributed by atoms with Crippen molar-refractivity contribution >= 4 is 11.9 Å². The maximum atomic E-state index is 10.2. The van der Waals surface area contributed by atoms with Gasteiger partial charge in [0.25, 0.3) is 0 Å². The first kappa shape index (κ1) is 8.00. The third-order valence-electron chi connectivity index (χ3n) is 1.28. The number of epoxide rings is 1. The van der Waals surface area contributed by atoms with Crippen LogP contribution in [0.15, 0.2) is 0 Å². The summed E-state index contributed by atoms with van der Waals surface area (Å²) < 4.78 is 9.17. The molecule has 1 heterocycles. The molecule has 11 heavy (non-hydrogen) atoms. The number of hydrogen-bond acceptors (Lipinski definition) is 4. The summed E-state index contributed by atoms with van der Waals surface area (Å²) in [4.78, 5) is 20.4. The quantitative estimate of drug-likeness (QED) is 0.440. The third-order valence-corrected chi connectivity index (χ3v) is 1.28. The standard InChI is InChI=1S/C6H8O5/c1-3(7)10-2-4-5(11-4)6(8)9/h4-5H,2H2,1H3,(H,8,9)/t4-,5-/m0/s1. The molecule has 0 radical (unpaired) electrons. The van der Waals surface area contributed by atoms with E-state index in [4.69, 9.17) is 5.11 Å². The van der Waals surface area contributed by atoms with E-state index in [-0.39, 0.29) is 6.61 Å². The maximum Gasteiger partial charge on any atom is 0.335 e. The lowest BCUT2D eigenvalue weighted by Gasteiger charge is -1.94. The first-order valence-electron chi connectivity index (χ1n) is 3.13. The summed E-state index contributed by atoms with van der Waals surface area (Å²) in [7, 11) is 0. The smallest absolute Gasteiger partial charge is 0.335 e. The van der Waals surface area contributed by atoms with E-state index >= 15 is 0 Å². The number of ether oxygens (including phenoxy) is 2. The number of carbonyl (C=O) groups excluding carboxylic acids is 1. The largest absolute Gasteiger partial charge is 0.479 e. The molecule has 62 valence electrons. The zero-order valence-corrected chi connectivity index (χ0v) is 5.94. The lowest BCUT2D eigenvalue weighted by molar-refractivity contribution is -0.142. The Bertz CT molecular complexity index is 187. The lowest BCUT2D eigenvalue weighted by Crippen LogP contribution is -2.13. The zero-order chi connectivity index (χ0) is 8.43. The SMILES string of the molecule is CC(=O)OC[C@@H]1O[C@@H]1C(=O)O. The molecule has 5 heteroatoms. The van der Waals surface area contributed by atoms with E-state index in [1.54, 1.807) is 0 Å². The number of carbonyl (C=O) groups is 2. The fraction of sp³-hybridized carbons (Fsp3) is 0.667. The van der Waals surface area contributed by atoms with Gasteiger partial charge in [0.15, 0.2) is 6.10 Å². The van der Waals surface area contributed by atoms with E-state index in [9.17, 15) is 9.59 Å². The van der Waals surface area contributed by atoms with E-state index in [1.165, 1.54) is 6.92 Å². The van der Waals surface area contributed by atoms with E-state index in [1.807, 2.05) is 0 Å². The molecule has 0 aliphatic carbocycles. The number of rotatable bonds is 3. The highest BCUT2D eigenvalue weighted by Crippen LogP contribution is 2.21. The van der Waals surface area contributed by atoms with Crippen molar-refractivity contribution in [1.29, 1.82) is 0 Å². The second-order valence-electron chi connectivity index (χ2n) is 2.24. The Labute approximate surface area is 62.9 Å². The molecule has 0 aromatic carbocycles. The third kappa shape index (κ3) is 2.19. The molecule has 0 bridgehead atoms. The monoisotopic (exact) mass is 160 g/mol. The molecule has 0 aromatic rings. The Kier molecular flexibility index (Phi) is 2.09. The van der Waals surface area contributed by atoms with Crippen LogP contribution in [0.4, 0.5) is 0 Å². The molecule has 1 N–H and O–H groups in total. The molecule has 2 atom stereocenters. The van der Waals surface area contributed by atoms with Crippen LogP contribution in [0.25, 0.3) is 0 Å². The van der Waals surface area contributed by atoms with Crippen LogP contribution in [0.5, 0.6) is 0 Å². The second-order valence-corrected chi connectivity index (χ2v) is 2.24. The summed E-state index contributed by atoms with van der Waals surface area (Å²) >= 11 is 0. The first-order chi connectivity index (χ1) is 5.11. The first-order valence-corrected chi connectivity index (χ1v) is 3.13. The van der Waals surface area contributed by atoms with Crippen LogP contribution >= 0.6 is 0 Å². The summed E-state index contributed by atoms with van der Waals surface area (Å²) in [5.74, 6) is -1.44. The Morgan fingerprint density at radius 3 is 2.64 bits per heavy atom. The van der Waals surface area contributed by atoms with Gasteiger partial charge in [-0.1, -0.05) is 0 Å². The molecule has 0 saturated carbocycles. The van der Waals surface area contributed by atoms with Gasteiger partial charge in [-0.2, -0.15) is 0 Å². The maximum absolute atomic E-state index is 10.2. The van der Waals surface area contributed by atoms with Crippen LogP contribution in [0.1, 0.15) is 6.92 Å². The highest BCUT2D eigenvalue weighted by atomic mass is 16.6. The van der Waals surface area contributed by atoms with Crippen molar-refractivity contribution in [2.75, 3.05) is 6.61 Å². The summed E-state index contributed by atoms with van der Waals surface area (Å²) in [5, 5.41) is 8.32. The van der Waals surface area contributed by atoms with Crippen LogP contribution in [0, 0.1) is 0 Å². The summed E-state index contributed by atoms with van der Waals surface area (Å²) in [6.45, 7) is 1.30. The lowest BCUT2D eigenvalue weighted by atomic mass is 10.3. The molecular weight excluding hydrogens is 152 g/mol. The van der Waals surface area contributed by atoms with Gasteiger partial charge in [-0.25, -0.2) is 4.79 Å². The van der Waals surface area contributed by atoms with Crippen molar-refractivity contribution in [2.24, 2.45) is 0 Å². The van der Waals surface area contributed by atoms with Gasteiger partial charge in [-0.3, -0.25) is 4.79 Å². The number of hydrogen-bond donors (Lipinski definition) is 1. The van der Waals surface area contributed by atoms with Crippen molar-refractivity contribution in [1.82, 2.24) is 0 Å². The predicted octanol–water partition coefficient (Wildman–Crippen LogP) is -0.599. The Morgan fingerprint density at radius 1 is 1.64 bits per heavy atom. The normalized spacial score (nSPS) is 27.7. The van der Waals surface area contributed by atoms with Gasteiger partial charge in [-0.15, -0.1) is 0 Å². The van der Waals surface area contributed by atoms with Crippen molar-refractivity contribution in [3.05, 3.63) is 0 Å². The molecule has 1 aliphatic heterocycles. The van der Waals surface area contributed by atoms with E-state index in [2.05, 4.69) is 9.47 Å². The second kappa shape index (κ2) is 2.87. The fourth-order valence-corrected chi connectivity index (χ4v) is 0.686.